The molecule has 1 aliphatic rings. The van der Waals surface area contributed by atoms with E-state index in [1.807, 2.05) is 38.1 Å². The normalized spacial score (nSPS) is 16.2. The summed E-state index contributed by atoms with van der Waals surface area (Å²) in [4.78, 5) is 30.8. The molecule has 0 bridgehead atoms. The quantitative estimate of drug-likeness (QED) is 0.513. The van der Waals surface area contributed by atoms with Crippen molar-refractivity contribution in [3.63, 3.8) is 0 Å². The molecule has 1 N–H and O–H groups in total. The zero-order chi connectivity index (χ0) is 23.4. The van der Waals surface area contributed by atoms with Crippen molar-refractivity contribution in [3.8, 4) is 0 Å². The number of rotatable bonds is 8. The number of benzene rings is 1. The maximum Gasteiger partial charge on any atom is 0.309 e. The second kappa shape index (κ2) is 10.2. The van der Waals surface area contributed by atoms with Crippen LogP contribution >= 0.6 is 0 Å². The van der Waals surface area contributed by atoms with Gasteiger partial charge in [0.2, 0.25) is 0 Å². The molecule has 10 heteroatoms. The van der Waals surface area contributed by atoms with E-state index < -0.39 is 6.04 Å². The van der Waals surface area contributed by atoms with Crippen LogP contribution in [0, 0.1) is 12.8 Å². The lowest BCUT2D eigenvalue weighted by molar-refractivity contribution is -0.149. The zero-order valence-corrected chi connectivity index (χ0v) is 19.3. The fraction of sp³-hybridized carbons (Fsp3) is 0.522. The van der Waals surface area contributed by atoms with E-state index in [4.69, 9.17) is 9.47 Å². The molecule has 1 aromatic carbocycles. The fourth-order valence-electron chi connectivity index (χ4n) is 4.50. The highest BCUT2D eigenvalue weighted by molar-refractivity contribution is 5.82. The smallest absolute Gasteiger partial charge is 0.309 e. The van der Waals surface area contributed by atoms with Gasteiger partial charge in [-0.25, -0.2) is 4.68 Å². The van der Waals surface area contributed by atoms with E-state index in [9.17, 15) is 9.59 Å². The number of nitrogens with one attached hydrogen (secondary N) is 1. The molecule has 1 saturated heterocycles. The number of para-hydroxylation sites is 1. The molecule has 10 nitrogen and oxygen atoms in total. The van der Waals surface area contributed by atoms with Crippen LogP contribution in [0.5, 0.6) is 0 Å². The number of fused-ring (bicyclic) bond motifs is 1. The Kier molecular flexibility index (Phi) is 7.14. The van der Waals surface area contributed by atoms with Gasteiger partial charge in [0.25, 0.3) is 5.56 Å². The van der Waals surface area contributed by atoms with Gasteiger partial charge in [0.1, 0.15) is 6.04 Å². The number of aryl methyl sites for hydroxylation is 1. The summed E-state index contributed by atoms with van der Waals surface area (Å²) >= 11 is 0. The van der Waals surface area contributed by atoms with Gasteiger partial charge < -0.3 is 14.5 Å². The van der Waals surface area contributed by atoms with Crippen molar-refractivity contribution in [2.24, 2.45) is 5.92 Å². The maximum atomic E-state index is 13.3. The minimum absolute atomic E-state index is 0.135. The van der Waals surface area contributed by atoms with Gasteiger partial charge in [0.05, 0.1) is 31.2 Å². The molecule has 1 atom stereocenters. The molecular formula is C23H30N6O4. The van der Waals surface area contributed by atoms with E-state index in [2.05, 4.69) is 25.4 Å². The number of nitrogens with zero attached hydrogens (tertiary/aromatic N) is 5. The molecule has 2 aromatic heterocycles. The standard InChI is InChI=1S/C23H30N6O4/c1-4-33-23(31)16-8-10-28(11-9-16)20(21-25-26-27-29(21)12-13-32-3)18-14-17-7-5-6-15(2)19(17)24-22(18)30/h5-7,14,16,20H,4,8-13H2,1-3H3,(H,24,30)/t20-/m0/s1. The lowest BCUT2D eigenvalue weighted by Gasteiger charge is -2.36. The van der Waals surface area contributed by atoms with Gasteiger partial charge in [-0.05, 0) is 54.1 Å². The summed E-state index contributed by atoms with van der Waals surface area (Å²) in [5.74, 6) is 0.292. The van der Waals surface area contributed by atoms with Gasteiger partial charge in [0.15, 0.2) is 5.82 Å². The topological polar surface area (TPSA) is 115 Å². The number of likely N-dealkylation sites (tertiary alicyclic amines) is 1. The molecule has 1 aliphatic heterocycles. The summed E-state index contributed by atoms with van der Waals surface area (Å²) in [6.45, 7) is 6.33. The third-order valence-electron chi connectivity index (χ3n) is 6.24. The molecule has 0 amide bonds. The molecule has 33 heavy (non-hydrogen) atoms. The second-order valence-corrected chi connectivity index (χ2v) is 8.31. The summed E-state index contributed by atoms with van der Waals surface area (Å²) in [7, 11) is 1.62. The van der Waals surface area contributed by atoms with Crippen molar-refractivity contribution in [1.29, 1.82) is 0 Å². The Balaban J connectivity index is 1.73. The second-order valence-electron chi connectivity index (χ2n) is 8.31. The van der Waals surface area contributed by atoms with Gasteiger partial charge in [-0.2, -0.15) is 0 Å². The average Bonchev–Trinajstić information content (AvgIpc) is 3.27. The summed E-state index contributed by atoms with van der Waals surface area (Å²) < 4.78 is 12.1. The molecule has 176 valence electrons. The van der Waals surface area contributed by atoms with Crippen molar-refractivity contribution >= 4 is 16.9 Å². The molecule has 1 fully saturated rings. The largest absolute Gasteiger partial charge is 0.466 e. The first-order valence-electron chi connectivity index (χ1n) is 11.3. The van der Waals surface area contributed by atoms with E-state index in [1.54, 1.807) is 11.8 Å². The molecule has 4 rings (SSSR count). The van der Waals surface area contributed by atoms with E-state index in [-0.39, 0.29) is 17.4 Å². The SMILES string of the molecule is CCOC(=O)C1CCN([C@@H](c2cc3cccc(C)c3[nH]c2=O)c2nnnn2CCOC)CC1. The number of ether oxygens (including phenoxy) is 2. The van der Waals surface area contributed by atoms with Crippen molar-refractivity contribution in [2.75, 3.05) is 33.4 Å². The first-order chi connectivity index (χ1) is 16.0. The summed E-state index contributed by atoms with van der Waals surface area (Å²) in [5.41, 5.74) is 2.24. The van der Waals surface area contributed by atoms with Crippen molar-refractivity contribution < 1.29 is 14.3 Å². The van der Waals surface area contributed by atoms with Crippen molar-refractivity contribution in [1.82, 2.24) is 30.1 Å². The first kappa shape index (κ1) is 23.1. The number of carbonyl (C=O) groups is 1. The maximum absolute atomic E-state index is 13.3. The highest BCUT2D eigenvalue weighted by Crippen LogP contribution is 2.31. The Morgan fingerprint density at radius 3 is 2.82 bits per heavy atom. The van der Waals surface area contributed by atoms with Gasteiger partial charge in [0, 0.05) is 25.8 Å². The van der Waals surface area contributed by atoms with Crippen LogP contribution in [0.2, 0.25) is 0 Å². The minimum atomic E-state index is -0.450. The van der Waals surface area contributed by atoms with E-state index in [1.165, 1.54) is 0 Å². The molecule has 3 aromatic rings. The van der Waals surface area contributed by atoms with Crippen LogP contribution in [0.1, 0.15) is 42.8 Å². The lowest BCUT2D eigenvalue weighted by atomic mass is 9.93. The molecule has 0 unspecified atom stereocenters. The van der Waals surface area contributed by atoms with Gasteiger partial charge in [-0.15, -0.1) is 5.10 Å². The molecule has 0 aliphatic carbocycles. The van der Waals surface area contributed by atoms with Crippen molar-refractivity contribution in [2.45, 2.75) is 39.3 Å². The summed E-state index contributed by atoms with van der Waals surface area (Å²) in [6.07, 6.45) is 1.30. The highest BCUT2D eigenvalue weighted by atomic mass is 16.5. The summed E-state index contributed by atoms with van der Waals surface area (Å²) in [5, 5.41) is 13.3. The van der Waals surface area contributed by atoms with E-state index in [0.29, 0.717) is 57.1 Å². The number of H-pyrrole nitrogens is 1. The van der Waals surface area contributed by atoms with Crippen LogP contribution in [-0.2, 0) is 20.8 Å². The Morgan fingerprint density at radius 1 is 1.30 bits per heavy atom. The van der Waals surface area contributed by atoms with E-state index in [0.717, 1.165) is 16.5 Å². The predicted molar refractivity (Wildman–Crippen MR) is 122 cm³/mol. The molecule has 3 heterocycles. The number of aromatic nitrogens is 5. The first-order valence-corrected chi connectivity index (χ1v) is 11.3. The lowest BCUT2D eigenvalue weighted by Crippen LogP contribution is -2.42. The summed E-state index contributed by atoms with van der Waals surface area (Å²) in [6, 6.07) is 7.41. The van der Waals surface area contributed by atoms with Crippen molar-refractivity contribution in [3.05, 3.63) is 51.6 Å². The van der Waals surface area contributed by atoms with Gasteiger partial charge >= 0.3 is 5.97 Å². The third-order valence-corrected chi connectivity index (χ3v) is 6.24. The van der Waals surface area contributed by atoms with Crippen LogP contribution in [0.25, 0.3) is 10.9 Å². The number of tetrazole rings is 1. The van der Waals surface area contributed by atoms with Crippen LogP contribution < -0.4 is 5.56 Å². The average molecular weight is 455 g/mol. The fourth-order valence-corrected chi connectivity index (χ4v) is 4.50. The molecule has 0 radical (unpaired) electrons. The zero-order valence-electron chi connectivity index (χ0n) is 19.3. The number of carbonyl (C=O) groups excluding carboxylic acids is 1. The highest BCUT2D eigenvalue weighted by Gasteiger charge is 2.35. The number of aromatic amines is 1. The molecular weight excluding hydrogens is 424 g/mol. The van der Waals surface area contributed by atoms with Crippen LogP contribution in [0.3, 0.4) is 0 Å². The van der Waals surface area contributed by atoms with Crippen LogP contribution in [0.4, 0.5) is 0 Å². The van der Waals surface area contributed by atoms with Crippen LogP contribution in [-0.4, -0.2) is 69.5 Å². The Hall–Kier alpha value is -3.11. The Morgan fingerprint density at radius 2 is 2.09 bits per heavy atom. The number of pyridine rings is 1. The minimum Gasteiger partial charge on any atom is -0.466 e. The predicted octanol–water partition coefficient (Wildman–Crippen LogP) is 1.83. The van der Waals surface area contributed by atoms with E-state index >= 15 is 0 Å². The number of methoxy groups -OCH3 is 1. The number of esters is 1. The third kappa shape index (κ3) is 4.81. The number of hydrogen-bond acceptors (Lipinski definition) is 8. The Bertz CT molecular complexity index is 1170. The monoisotopic (exact) mass is 454 g/mol. The molecule has 0 saturated carbocycles. The Labute approximate surface area is 191 Å². The van der Waals surface area contributed by atoms with Crippen LogP contribution in [0.15, 0.2) is 29.1 Å². The van der Waals surface area contributed by atoms with Gasteiger partial charge in [-0.1, -0.05) is 18.2 Å². The van der Waals surface area contributed by atoms with Gasteiger partial charge in [-0.3, -0.25) is 14.5 Å². The number of piperidine rings is 1. The molecule has 0 spiro atoms. The number of hydrogen-bond donors (Lipinski definition) is 1.